The van der Waals surface area contributed by atoms with Gasteiger partial charge in [-0.25, -0.2) is 8.42 Å². The molecule has 0 aliphatic carbocycles. The van der Waals surface area contributed by atoms with Gasteiger partial charge in [0.15, 0.2) is 0 Å². The lowest BCUT2D eigenvalue weighted by Gasteiger charge is -2.25. The van der Waals surface area contributed by atoms with Crippen LogP contribution >= 0.6 is 11.6 Å². The summed E-state index contributed by atoms with van der Waals surface area (Å²) in [4.78, 5) is 13.1. The quantitative estimate of drug-likeness (QED) is 0.294. The number of sulfonamides is 1. The van der Waals surface area contributed by atoms with E-state index in [1.165, 1.54) is 28.5 Å². The van der Waals surface area contributed by atoms with E-state index in [2.05, 4.69) is 36.5 Å². The van der Waals surface area contributed by atoms with Gasteiger partial charge in [0.2, 0.25) is 5.91 Å². The molecule has 4 aromatic carbocycles. The molecule has 4 rings (SSSR count). The first-order valence-corrected chi connectivity index (χ1v) is 13.6. The van der Waals surface area contributed by atoms with Gasteiger partial charge in [0.05, 0.1) is 10.6 Å². The van der Waals surface area contributed by atoms with Crippen LogP contribution in [0.5, 0.6) is 0 Å². The molecule has 0 radical (unpaired) electrons. The van der Waals surface area contributed by atoms with Crippen LogP contribution in [0.15, 0.2) is 95.9 Å². The summed E-state index contributed by atoms with van der Waals surface area (Å²) in [5.74, 6) is -0.219. The predicted molar refractivity (Wildman–Crippen MR) is 147 cm³/mol. The molecule has 0 heterocycles. The lowest BCUT2D eigenvalue weighted by molar-refractivity contribution is -0.119. The second kappa shape index (κ2) is 11.1. The summed E-state index contributed by atoms with van der Waals surface area (Å²) in [5, 5.41) is 5.75. The third kappa shape index (κ3) is 5.89. The van der Waals surface area contributed by atoms with Crippen molar-refractivity contribution in [2.75, 3.05) is 17.4 Å². The number of aryl methyl sites for hydroxylation is 1. The maximum Gasteiger partial charge on any atom is 0.264 e. The molecule has 0 spiro atoms. The Morgan fingerprint density at radius 2 is 1.64 bits per heavy atom. The SMILES string of the molecule is Cc1ccc(N(CC(=O)NCC(C)Cc2cccc3ccccc23)S(=O)(=O)c2ccccc2)cc1Cl. The topological polar surface area (TPSA) is 66.5 Å². The molecule has 0 saturated heterocycles. The Balaban J connectivity index is 1.49. The van der Waals surface area contributed by atoms with Gasteiger partial charge in [-0.3, -0.25) is 9.10 Å². The molecule has 1 atom stereocenters. The maximum absolute atomic E-state index is 13.5. The van der Waals surface area contributed by atoms with Crippen molar-refractivity contribution >= 4 is 44.0 Å². The molecule has 0 fully saturated rings. The number of rotatable bonds is 9. The largest absolute Gasteiger partial charge is 0.354 e. The molecular weight excluding hydrogens is 492 g/mol. The normalized spacial score (nSPS) is 12.3. The van der Waals surface area contributed by atoms with Crippen LogP contribution in [-0.2, 0) is 21.2 Å². The zero-order valence-electron chi connectivity index (χ0n) is 20.3. The molecule has 0 bridgehead atoms. The molecule has 1 N–H and O–H groups in total. The van der Waals surface area contributed by atoms with Gasteiger partial charge in [0.1, 0.15) is 6.54 Å². The number of hydrogen-bond donors (Lipinski definition) is 1. The highest BCUT2D eigenvalue weighted by Gasteiger charge is 2.27. The standard InChI is InChI=1S/C29H29ClN2O3S/c1-21(17-24-11-8-10-23-9-6-7-14-27(23)24)19-31-29(33)20-32(25-16-15-22(2)28(30)18-25)36(34,35)26-12-4-3-5-13-26/h3-16,18,21H,17,19-20H2,1-2H3,(H,31,33). The highest BCUT2D eigenvalue weighted by Crippen LogP contribution is 2.28. The van der Waals surface area contributed by atoms with Gasteiger partial charge in [-0.05, 0) is 65.4 Å². The zero-order valence-corrected chi connectivity index (χ0v) is 21.9. The number of carbonyl (C=O) groups excluding carboxylic acids is 1. The number of benzene rings is 4. The number of carbonyl (C=O) groups is 1. The monoisotopic (exact) mass is 520 g/mol. The summed E-state index contributed by atoms with van der Waals surface area (Å²) in [6.07, 6.45) is 0.793. The van der Waals surface area contributed by atoms with E-state index >= 15 is 0 Å². The average molecular weight is 521 g/mol. The van der Waals surface area contributed by atoms with E-state index in [0.29, 0.717) is 17.3 Å². The molecule has 36 heavy (non-hydrogen) atoms. The lowest BCUT2D eigenvalue weighted by atomic mass is 9.96. The summed E-state index contributed by atoms with van der Waals surface area (Å²) in [5.41, 5.74) is 2.38. The second-order valence-electron chi connectivity index (χ2n) is 9.01. The molecule has 7 heteroatoms. The van der Waals surface area contributed by atoms with Crippen molar-refractivity contribution in [2.24, 2.45) is 5.92 Å². The van der Waals surface area contributed by atoms with Crippen LogP contribution in [0.2, 0.25) is 5.02 Å². The van der Waals surface area contributed by atoms with Crippen molar-refractivity contribution in [3.63, 3.8) is 0 Å². The van der Waals surface area contributed by atoms with Crippen LogP contribution < -0.4 is 9.62 Å². The van der Waals surface area contributed by atoms with E-state index < -0.39 is 10.0 Å². The van der Waals surface area contributed by atoms with E-state index in [9.17, 15) is 13.2 Å². The zero-order chi connectivity index (χ0) is 25.7. The molecule has 0 saturated carbocycles. The van der Waals surface area contributed by atoms with Crippen LogP contribution in [0.3, 0.4) is 0 Å². The number of hydrogen-bond acceptors (Lipinski definition) is 3. The van der Waals surface area contributed by atoms with Gasteiger partial charge in [0, 0.05) is 11.6 Å². The fourth-order valence-corrected chi connectivity index (χ4v) is 5.77. The minimum Gasteiger partial charge on any atom is -0.354 e. The van der Waals surface area contributed by atoms with E-state index in [1.807, 2.05) is 25.1 Å². The molecule has 0 aromatic heterocycles. The Kier molecular flexibility index (Phi) is 7.97. The van der Waals surface area contributed by atoms with Crippen LogP contribution in [0, 0.1) is 12.8 Å². The number of amides is 1. The van der Waals surface area contributed by atoms with Gasteiger partial charge < -0.3 is 5.32 Å². The molecule has 1 amide bonds. The van der Waals surface area contributed by atoms with E-state index in [4.69, 9.17) is 11.6 Å². The Morgan fingerprint density at radius 1 is 0.944 bits per heavy atom. The van der Waals surface area contributed by atoms with Gasteiger partial charge in [-0.15, -0.1) is 0 Å². The first-order chi connectivity index (χ1) is 17.3. The summed E-state index contributed by atoms with van der Waals surface area (Å²) < 4.78 is 28.1. The van der Waals surface area contributed by atoms with Crippen molar-refractivity contribution in [3.05, 3.63) is 107 Å². The van der Waals surface area contributed by atoms with Crippen molar-refractivity contribution in [1.29, 1.82) is 0 Å². The fourth-order valence-electron chi connectivity index (χ4n) is 4.16. The first kappa shape index (κ1) is 25.7. The number of anilines is 1. The van der Waals surface area contributed by atoms with E-state index in [1.54, 1.807) is 36.4 Å². The molecule has 4 aromatic rings. The van der Waals surface area contributed by atoms with Crippen molar-refractivity contribution in [3.8, 4) is 0 Å². The number of nitrogens with zero attached hydrogens (tertiary/aromatic N) is 1. The molecule has 5 nitrogen and oxygen atoms in total. The molecule has 1 unspecified atom stereocenters. The van der Waals surface area contributed by atoms with E-state index in [0.717, 1.165) is 16.3 Å². The minimum atomic E-state index is -3.98. The highest BCUT2D eigenvalue weighted by molar-refractivity contribution is 7.92. The third-order valence-electron chi connectivity index (χ3n) is 6.16. The van der Waals surface area contributed by atoms with Crippen molar-refractivity contribution < 1.29 is 13.2 Å². The molecule has 0 aliphatic rings. The molecular formula is C29H29ClN2O3S. The Bertz CT molecular complexity index is 1470. The minimum absolute atomic E-state index is 0.110. The van der Waals surface area contributed by atoms with Gasteiger partial charge >= 0.3 is 0 Å². The second-order valence-corrected chi connectivity index (χ2v) is 11.3. The smallest absolute Gasteiger partial charge is 0.264 e. The number of fused-ring (bicyclic) bond motifs is 1. The fraction of sp³-hybridized carbons (Fsp3) is 0.207. The van der Waals surface area contributed by atoms with Crippen LogP contribution in [-0.4, -0.2) is 27.4 Å². The van der Waals surface area contributed by atoms with Gasteiger partial charge in [-0.2, -0.15) is 0 Å². The van der Waals surface area contributed by atoms with Gasteiger partial charge in [0.25, 0.3) is 10.0 Å². The van der Waals surface area contributed by atoms with Crippen LogP contribution in [0.1, 0.15) is 18.1 Å². The van der Waals surface area contributed by atoms with Gasteiger partial charge in [-0.1, -0.05) is 85.3 Å². The Labute approximate surface area is 217 Å². The molecule has 0 aliphatic heterocycles. The van der Waals surface area contributed by atoms with Crippen LogP contribution in [0.25, 0.3) is 10.8 Å². The summed E-state index contributed by atoms with van der Waals surface area (Å²) >= 11 is 6.29. The van der Waals surface area contributed by atoms with Crippen molar-refractivity contribution in [2.45, 2.75) is 25.2 Å². The lowest BCUT2D eigenvalue weighted by Crippen LogP contribution is -2.42. The predicted octanol–water partition coefficient (Wildman–Crippen LogP) is 5.99. The average Bonchev–Trinajstić information content (AvgIpc) is 2.88. The number of nitrogens with one attached hydrogen (secondary N) is 1. The Morgan fingerprint density at radius 3 is 2.39 bits per heavy atom. The summed E-state index contributed by atoms with van der Waals surface area (Å²) in [6, 6.07) is 27.6. The molecule has 186 valence electrons. The summed E-state index contributed by atoms with van der Waals surface area (Å²) in [7, 11) is -3.98. The first-order valence-electron chi connectivity index (χ1n) is 11.8. The highest BCUT2D eigenvalue weighted by atomic mass is 35.5. The van der Waals surface area contributed by atoms with Crippen LogP contribution in [0.4, 0.5) is 5.69 Å². The Hall–Kier alpha value is -3.35. The third-order valence-corrected chi connectivity index (χ3v) is 8.35. The van der Waals surface area contributed by atoms with E-state index in [-0.39, 0.29) is 23.3 Å². The number of halogens is 1. The van der Waals surface area contributed by atoms with Crippen molar-refractivity contribution in [1.82, 2.24) is 5.32 Å². The maximum atomic E-state index is 13.5. The summed E-state index contributed by atoms with van der Waals surface area (Å²) in [6.45, 7) is 3.99.